The maximum absolute atomic E-state index is 13.2. The molecule has 0 aliphatic heterocycles. The van der Waals surface area contributed by atoms with Crippen molar-refractivity contribution >= 4 is 5.97 Å². The number of ether oxygens (including phenoxy) is 1. The number of halogens is 7. The third-order valence-electron chi connectivity index (χ3n) is 9.24. The van der Waals surface area contributed by atoms with Crippen LogP contribution in [-0.2, 0) is 9.53 Å². The van der Waals surface area contributed by atoms with Gasteiger partial charge in [-0.25, -0.2) is 4.79 Å². The second kappa shape index (κ2) is 29.9. The maximum atomic E-state index is 13.2. The number of carbonyl (C=O) groups is 1. The van der Waals surface area contributed by atoms with Crippen LogP contribution in [0.25, 0.3) is 0 Å². The summed E-state index contributed by atoms with van der Waals surface area (Å²) in [6, 6.07) is 0. The molecule has 0 rings (SSSR count). The highest BCUT2D eigenvalue weighted by Gasteiger charge is 2.77. The quantitative estimate of drug-likeness (QED) is 0.0376. The summed E-state index contributed by atoms with van der Waals surface area (Å²) in [4.78, 5) is 11.1. The number of hydrogen-bond donors (Lipinski definition) is 0. The second-order valence-corrected chi connectivity index (χ2v) is 13.7. The highest BCUT2D eigenvalue weighted by molar-refractivity contribution is 5.79. The van der Waals surface area contributed by atoms with Crippen LogP contribution < -0.4 is 0 Å². The number of rotatable bonds is 35. The summed E-state index contributed by atoms with van der Waals surface area (Å²) in [6.45, 7) is 1.67. The largest absolute Gasteiger partial charge is 0.461 e. The van der Waals surface area contributed by atoms with Crippen molar-refractivity contribution in [2.75, 3.05) is 6.61 Å². The highest BCUT2D eigenvalue weighted by atomic mass is 19.4. The molecule has 0 bridgehead atoms. The lowest BCUT2D eigenvalue weighted by molar-refractivity contribution is -0.348. The zero-order valence-corrected chi connectivity index (χ0v) is 29.8. The van der Waals surface area contributed by atoms with Gasteiger partial charge >= 0.3 is 24.0 Å². The van der Waals surface area contributed by atoms with E-state index in [1.807, 2.05) is 0 Å². The molecule has 0 unspecified atom stereocenters. The molecule has 0 aliphatic carbocycles. The first-order valence-corrected chi connectivity index (χ1v) is 19.5. The predicted octanol–water partition coefficient (Wildman–Crippen LogP) is 14.9. The molecule has 282 valence electrons. The molecular formula is C38H69F7O2. The molecule has 9 heteroatoms. The summed E-state index contributed by atoms with van der Waals surface area (Å²) in [5.41, 5.74) is 0. The maximum Gasteiger partial charge on any atom is 0.460 e. The van der Waals surface area contributed by atoms with Crippen LogP contribution in [0.3, 0.4) is 0 Å². The Morgan fingerprint density at radius 1 is 0.383 bits per heavy atom. The fourth-order valence-electron chi connectivity index (χ4n) is 6.04. The van der Waals surface area contributed by atoms with Crippen molar-refractivity contribution in [2.24, 2.45) is 0 Å². The molecule has 0 aromatic heterocycles. The molecular weight excluding hydrogens is 621 g/mol. The summed E-state index contributed by atoms with van der Waals surface area (Å²) in [5, 5.41) is 0. The normalized spacial score (nSPS) is 12.6. The van der Waals surface area contributed by atoms with Crippen LogP contribution in [0.1, 0.15) is 212 Å². The Bertz CT molecular complexity index is 698. The molecule has 0 saturated heterocycles. The first-order chi connectivity index (χ1) is 22.5. The summed E-state index contributed by atoms with van der Waals surface area (Å²) in [7, 11) is 0. The lowest BCUT2D eigenvalue weighted by Gasteiger charge is -2.26. The minimum atomic E-state index is -6.54. The summed E-state index contributed by atoms with van der Waals surface area (Å²) < 4.78 is 92.3. The zero-order chi connectivity index (χ0) is 35.1. The van der Waals surface area contributed by atoms with E-state index < -0.39 is 30.6 Å². The van der Waals surface area contributed by atoms with Gasteiger partial charge in [0.25, 0.3) is 0 Å². The summed E-state index contributed by atoms with van der Waals surface area (Å²) in [5.74, 6) is -15.3. The van der Waals surface area contributed by atoms with Gasteiger partial charge in [0, 0.05) is 0 Å². The fraction of sp³-hybridized carbons (Fsp3) is 0.974. The Hall–Kier alpha value is -1.02. The standard InChI is InChI=1S/C38H69F7O2/c1-2-3-4-5-6-7-8-9-10-11-12-13-14-15-16-17-18-19-20-21-22-23-24-25-26-27-28-29-30-31-32-33-34-47-35(46)36(39,40)37(41,42)38(43,44)45/h2-34H2,1H3. The number of esters is 1. The van der Waals surface area contributed by atoms with Crippen LogP contribution >= 0.6 is 0 Å². The summed E-state index contributed by atoms with van der Waals surface area (Å²) in [6.07, 6.45) is 33.7. The van der Waals surface area contributed by atoms with E-state index in [4.69, 9.17) is 0 Å². The van der Waals surface area contributed by atoms with Gasteiger partial charge in [0.05, 0.1) is 6.61 Å². The molecule has 0 N–H and O–H groups in total. The SMILES string of the molecule is CCCCCCCCCCCCCCCCCCCCCCCCCCCCCCCCCCOC(=O)C(F)(F)C(F)(F)C(F)(F)F. The minimum Gasteiger partial charge on any atom is -0.461 e. The monoisotopic (exact) mass is 691 g/mol. The van der Waals surface area contributed by atoms with E-state index in [0.29, 0.717) is 6.42 Å². The molecule has 0 radical (unpaired) electrons. The van der Waals surface area contributed by atoms with Gasteiger partial charge < -0.3 is 4.74 Å². The predicted molar refractivity (Wildman–Crippen MR) is 180 cm³/mol. The molecule has 2 nitrogen and oxygen atoms in total. The van der Waals surface area contributed by atoms with Gasteiger partial charge in [-0.3, -0.25) is 0 Å². The molecule has 0 aliphatic rings. The van der Waals surface area contributed by atoms with Crippen molar-refractivity contribution in [3.63, 3.8) is 0 Å². The lowest BCUT2D eigenvalue weighted by Crippen LogP contribution is -2.56. The first-order valence-electron chi connectivity index (χ1n) is 19.5. The average Bonchev–Trinajstić information content (AvgIpc) is 3.02. The van der Waals surface area contributed by atoms with Crippen molar-refractivity contribution in [3.8, 4) is 0 Å². The molecule has 0 amide bonds. The van der Waals surface area contributed by atoms with E-state index in [1.165, 1.54) is 167 Å². The van der Waals surface area contributed by atoms with Crippen molar-refractivity contribution < 1.29 is 40.3 Å². The molecule has 0 fully saturated rings. The Balaban J connectivity index is 3.29. The molecule has 47 heavy (non-hydrogen) atoms. The van der Waals surface area contributed by atoms with Gasteiger partial charge in [0.1, 0.15) is 0 Å². The number of unbranched alkanes of at least 4 members (excludes halogenated alkanes) is 31. The third-order valence-corrected chi connectivity index (χ3v) is 9.24. The Labute approximate surface area is 283 Å². The van der Waals surface area contributed by atoms with Crippen LogP contribution in [0.15, 0.2) is 0 Å². The summed E-state index contributed by atoms with van der Waals surface area (Å²) >= 11 is 0. The van der Waals surface area contributed by atoms with Gasteiger partial charge in [-0.15, -0.1) is 0 Å². The number of alkyl halides is 7. The van der Waals surface area contributed by atoms with Crippen LogP contribution in [0.4, 0.5) is 30.7 Å². The third kappa shape index (κ3) is 24.7. The van der Waals surface area contributed by atoms with Gasteiger partial charge in [-0.05, 0) is 6.42 Å². The van der Waals surface area contributed by atoms with Crippen LogP contribution in [0.5, 0.6) is 0 Å². The lowest BCUT2D eigenvalue weighted by atomic mass is 10.0. The molecule has 0 saturated carbocycles. The van der Waals surface area contributed by atoms with Crippen LogP contribution in [0, 0.1) is 0 Å². The Kier molecular flexibility index (Phi) is 29.2. The average molecular weight is 691 g/mol. The van der Waals surface area contributed by atoms with Gasteiger partial charge in [0.15, 0.2) is 0 Å². The minimum absolute atomic E-state index is 0.138. The molecule has 0 heterocycles. The van der Waals surface area contributed by atoms with E-state index in [2.05, 4.69) is 11.7 Å². The van der Waals surface area contributed by atoms with E-state index >= 15 is 0 Å². The Morgan fingerprint density at radius 3 is 0.809 bits per heavy atom. The van der Waals surface area contributed by atoms with Crippen LogP contribution in [0.2, 0.25) is 0 Å². The number of carbonyl (C=O) groups excluding carboxylic acids is 1. The fourth-order valence-corrected chi connectivity index (χ4v) is 6.04. The smallest absolute Gasteiger partial charge is 0.460 e. The highest BCUT2D eigenvalue weighted by Crippen LogP contribution is 2.47. The van der Waals surface area contributed by atoms with E-state index in [-0.39, 0.29) is 6.42 Å². The number of hydrogen-bond acceptors (Lipinski definition) is 2. The molecule has 0 aromatic carbocycles. The topological polar surface area (TPSA) is 26.3 Å². The van der Waals surface area contributed by atoms with Crippen LogP contribution in [-0.4, -0.2) is 30.6 Å². The van der Waals surface area contributed by atoms with Gasteiger partial charge in [-0.2, -0.15) is 30.7 Å². The van der Waals surface area contributed by atoms with Gasteiger partial charge in [0.2, 0.25) is 0 Å². The van der Waals surface area contributed by atoms with Crippen molar-refractivity contribution in [1.29, 1.82) is 0 Å². The van der Waals surface area contributed by atoms with Gasteiger partial charge in [-0.1, -0.05) is 206 Å². The first kappa shape index (κ1) is 46.0. The van der Waals surface area contributed by atoms with Crippen molar-refractivity contribution in [1.82, 2.24) is 0 Å². The van der Waals surface area contributed by atoms with E-state index in [1.54, 1.807) is 0 Å². The zero-order valence-electron chi connectivity index (χ0n) is 29.8. The van der Waals surface area contributed by atoms with E-state index in [0.717, 1.165) is 25.7 Å². The van der Waals surface area contributed by atoms with E-state index in [9.17, 15) is 35.5 Å². The molecule has 0 aromatic rings. The molecule has 0 spiro atoms. The Morgan fingerprint density at radius 2 is 0.596 bits per heavy atom. The van der Waals surface area contributed by atoms with Crippen molar-refractivity contribution in [2.45, 2.75) is 230 Å². The van der Waals surface area contributed by atoms with Crippen molar-refractivity contribution in [3.05, 3.63) is 0 Å². The second-order valence-electron chi connectivity index (χ2n) is 13.7. The molecule has 0 atom stereocenters.